The standard InChI is InChI=1S/C6H6Br2ClN/c7-4-3-6(8,9)2-1-5(4)10/h1,3H,2,10H2. The molecule has 1 aliphatic rings. The Kier molecular flexibility index (Phi) is 2.48. The summed E-state index contributed by atoms with van der Waals surface area (Å²) in [7, 11) is 0. The van der Waals surface area contributed by atoms with E-state index >= 15 is 0 Å². The normalized spacial score (nSPS) is 33.1. The van der Waals surface area contributed by atoms with Crippen LogP contribution in [0.25, 0.3) is 0 Å². The van der Waals surface area contributed by atoms with Crippen molar-refractivity contribution >= 4 is 43.5 Å². The Morgan fingerprint density at radius 1 is 1.70 bits per heavy atom. The van der Waals surface area contributed by atoms with E-state index in [0.717, 1.165) is 16.6 Å². The van der Waals surface area contributed by atoms with Crippen LogP contribution >= 0.6 is 43.5 Å². The van der Waals surface area contributed by atoms with Gasteiger partial charge in [-0.05, 0) is 22.0 Å². The minimum atomic E-state index is -0.450. The summed E-state index contributed by atoms with van der Waals surface area (Å²) in [4.78, 5) is 0. The summed E-state index contributed by atoms with van der Waals surface area (Å²) < 4.78 is 0.403. The summed E-state index contributed by atoms with van der Waals surface area (Å²) in [5, 5.41) is 0. The average Bonchev–Trinajstić information content (AvgIpc) is 1.79. The largest absolute Gasteiger partial charge is 0.398 e. The Morgan fingerprint density at radius 2 is 2.30 bits per heavy atom. The third-order valence-electron chi connectivity index (χ3n) is 1.21. The van der Waals surface area contributed by atoms with E-state index in [9.17, 15) is 0 Å². The van der Waals surface area contributed by atoms with E-state index in [0.29, 0.717) is 0 Å². The predicted molar refractivity (Wildman–Crippen MR) is 51.4 cm³/mol. The molecule has 0 aromatic heterocycles. The Morgan fingerprint density at radius 3 is 2.70 bits per heavy atom. The first-order chi connectivity index (χ1) is 4.51. The fraction of sp³-hybridized carbons (Fsp3) is 0.333. The predicted octanol–water partition coefficient (Wildman–Crippen LogP) is 2.84. The topological polar surface area (TPSA) is 26.0 Å². The molecule has 0 fully saturated rings. The van der Waals surface area contributed by atoms with Gasteiger partial charge in [-0.1, -0.05) is 22.0 Å². The summed E-state index contributed by atoms with van der Waals surface area (Å²) in [5.41, 5.74) is 6.31. The highest BCUT2D eigenvalue weighted by atomic mass is 79.9. The highest BCUT2D eigenvalue weighted by molar-refractivity contribution is 9.12. The molecular formula is C6H6Br2ClN. The molecule has 0 aromatic rings. The Hall–Kier alpha value is 0.530. The molecule has 0 aliphatic heterocycles. The number of nitrogens with two attached hydrogens (primary N) is 1. The molecule has 1 aliphatic carbocycles. The Labute approximate surface area is 81.6 Å². The Balaban J connectivity index is 2.87. The molecule has 0 heterocycles. The van der Waals surface area contributed by atoms with Crippen LogP contribution in [0.3, 0.4) is 0 Å². The zero-order valence-electron chi connectivity index (χ0n) is 5.07. The average molecular weight is 287 g/mol. The lowest BCUT2D eigenvalue weighted by Gasteiger charge is -2.18. The lowest BCUT2D eigenvalue weighted by molar-refractivity contribution is 0.969. The van der Waals surface area contributed by atoms with E-state index in [1.807, 2.05) is 12.2 Å². The van der Waals surface area contributed by atoms with Gasteiger partial charge in [-0.15, -0.1) is 11.6 Å². The third kappa shape index (κ3) is 2.01. The van der Waals surface area contributed by atoms with Crippen LogP contribution in [0.15, 0.2) is 22.3 Å². The van der Waals surface area contributed by atoms with Gasteiger partial charge >= 0.3 is 0 Å². The van der Waals surface area contributed by atoms with Gasteiger partial charge in [0, 0.05) is 16.6 Å². The summed E-state index contributed by atoms with van der Waals surface area (Å²) in [6.07, 6.45) is 4.44. The summed E-state index contributed by atoms with van der Waals surface area (Å²) >= 11 is 12.5. The number of hydrogen-bond donors (Lipinski definition) is 1. The summed E-state index contributed by atoms with van der Waals surface area (Å²) in [5.74, 6) is 0. The fourth-order valence-corrected chi connectivity index (χ4v) is 2.24. The quantitative estimate of drug-likeness (QED) is 0.681. The summed E-state index contributed by atoms with van der Waals surface area (Å²) in [6, 6.07) is 0. The lowest BCUT2D eigenvalue weighted by atomic mass is 10.1. The van der Waals surface area contributed by atoms with Crippen LogP contribution in [-0.4, -0.2) is 3.78 Å². The van der Waals surface area contributed by atoms with Crippen LogP contribution in [0.5, 0.6) is 0 Å². The van der Waals surface area contributed by atoms with Crippen molar-refractivity contribution in [3.8, 4) is 0 Å². The fourth-order valence-electron chi connectivity index (χ4n) is 0.671. The second kappa shape index (κ2) is 2.88. The molecule has 1 rings (SSSR count). The van der Waals surface area contributed by atoms with Gasteiger partial charge in [-0.3, -0.25) is 0 Å². The van der Waals surface area contributed by atoms with Gasteiger partial charge in [0.05, 0.1) is 0 Å². The molecule has 0 bridgehead atoms. The molecule has 56 valence electrons. The highest BCUT2D eigenvalue weighted by Crippen LogP contribution is 2.37. The van der Waals surface area contributed by atoms with E-state index in [-0.39, 0.29) is 0 Å². The van der Waals surface area contributed by atoms with Crippen LogP contribution < -0.4 is 5.73 Å². The van der Waals surface area contributed by atoms with Gasteiger partial charge in [0.2, 0.25) is 0 Å². The molecule has 0 aromatic carbocycles. The number of allylic oxidation sites excluding steroid dienone is 3. The molecule has 1 unspecified atom stereocenters. The molecule has 0 spiro atoms. The van der Waals surface area contributed by atoms with Gasteiger partial charge in [-0.2, -0.15) is 0 Å². The van der Waals surface area contributed by atoms with E-state index in [1.54, 1.807) is 0 Å². The molecule has 10 heavy (non-hydrogen) atoms. The van der Waals surface area contributed by atoms with Crippen LogP contribution in [0.2, 0.25) is 0 Å². The van der Waals surface area contributed by atoms with Gasteiger partial charge in [0.1, 0.15) is 3.78 Å². The van der Waals surface area contributed by atoms with Crippen molar-refractivity contribution in [3.05, 3.63) is 22.3 Å². The molecule has 0 amide bonds. The van der Waals surface area contributed by atoms with E-state index in [2.05, 4.69) is 31.9 Å². The Bertz CT molecular complexity index is 208. The third-order valence-corrected chi connectivity index (χ3v) is 2.71. The molecule has 1 atom stereocenters. The number of alkyl halides is 2. The SMILES string of the molecule is NC1=CCC(Cl)(Br)C=C1Br. The monoisotopic (exact) mass is 285 g/mol. The minimum Gasteiger partial charge on any atom is -0.398 e. The maximum absolute atomic E-state index is 5.94. The maximum Gasteiger partial charge on any atom is 0.122 e. The second-order valence-corrected chi connectivity index (χ2v) is 5.52. The first-order valence-corrected chi connectivity index (χ1v) is 4.70. The van der Waals surface area contributed by atoms with Crippen LogP contribution in [0.1, 0.15) is 6.42 Å². The molecule has 0 saturated carbocycles. The molecule has 1 nitrogen and oxygen atoms in total. The zero-order valence-corrected chi connectivity index (χ0v) is 9.00. The number of hydrogen-bond acceptors (Lipinski definition) is 1. The van der Waals surface area contributed by atoms with Crippen molar-refractivity contribution in [2.75, 3.05) is 0 Å². The second-order valence-electron chi connectivity index (χ2n) is 2.12. The van der Waals surface area contributed by atoms with E-state index in [4.69, 9.17) is 17.3 Å². The van der Waals surface area contributed by atoms with Gasteiger partial charge in [0.15, 0.2) is 0 Å². The van der Waals surface area contributed by atoms with Crippen molar-refractivity contribution in [2.24, 2.45) is 5.73 Å². The molecular weight excluding hydrogens is 281 g/mol. The van der Waals surface area contributed by atoms with Crippen LogP contribution in [0.4, 0.5) is 0 Å². The van der Waals surface area contributed by atoms with Crippen molar-refractivity contribution in [2.45, 2.75) is 10.2 Å². The molecule has 0 saturated heterocycles. The van der Waals surface area contributed by atoms with Crippen molar-refractivity contribution in [1.82, 2.24) is 0 Å². The highest BCUT2D eigenvalue weighted by Gasteiger charge is 2.23. The zero-order chi connectivity index (χ0) is 7.78. The summed E-state index contributed by atoms with van der Waals surface area (Å²) in [6.45, 7) is 0. The van der Waals surface area contributed by atoms with Crippen molar-refractivity contribution in [1.29, 1.82) is 0 Å². The molecule has 2 N–H and O–H groups in total. The van der Waals surface area contributed by atoms with Gasteiger partial charge < -0.3 is 5.73 Å². The molecule has 4 heteroatoms. The lowest BCUT2D eigenvalue weighted by Crippen LogP contribution is -2.14. The maximum atomic E-state index is 5.94. The van der Waals surface area contributed by atoms with Crippen molar-refractivity contribution < 1.29 is 0 Å². The minimum absolute atomic E-state index is 0.450. The first kappa shape index (κ1) is 8.62. The first-order valence-electron chi connectivity index (χ1n) is 2.73. The van der Waals surface area contributed by atoms with Gasteiger partial charge in [0.25, 0.3) is 0 Å². The van der Waals surface area contributed by atoms with E-state index in [1.165, 1.54) is 0 Å². The van der Waals surface area contributed by atoms with Crippen LogP contribution in [0, 0.1) is 0 Å². The number of halogens is 3. The number of rotatable bonds is 0. The smallest absolute Gasteiger partial charge is 0.122 e. The van der Waals surface area contributed by atoms with Gasteiger partial charge in [-0.25, -0.2) is 0 Å². The van der Waals surface area contributed by atoms with Crippen LogP contribution in [-0.2, 0) is 0 Å². The molecule has 0 radical (unpaired) electrons. The van der Waals surface area contributed by atoms with Crippen molar-refractivity contribution in [3.63, 3.8) is 0 Å². The van der Waals surface area contributed by atoms with E-state index < -0.39 is 3.78 Å².